The molecule has 0 bridgehead atoms. The molecule has 2 aromatic carbocycles. The summed E-state index contributed by atoms with van der Waals surface area (Å²) in [6.45, 7) is 0.350. The van der Waals surface area contributed by atoms with Crippen molar-refractivity contribution in [2.75, 3.05) is 13.2 Å². The van der Waals surface area contributed by atoms with Crippen molar-refractivity contribution in [1.82, 2.24) is 0 Å². The van der Waals surface area contributed by atoms with Crippen LogP contribution in [0.15, 0.2) is 60.7 Å². The maximum absolute atomic E-state index is 10.4. The van der Waals surface area contributed by atoms with Crippen LogP contribution in [0.1, 0.15) is 17.5 Å². The van der Waals surface area contributed by atoms with Gasteiger partial charge in [-0.15, -0.1) is 0 Å². The molecule has 0 aromatic heterocycles. The molecule has 1 saturated heterocycles. The first-order valence-electron chi connectivity index (χ1n) is 9.62. The molecular formula is C22H28O6. The van der Waals surface area contributed by atoms with Gasteiger partial charge in [-0.25, -0.2) is 0 Å². The van der Waals surface area contributed by atoms with Gasteiger partial charge >= 0.3 is 0 Å². The molecule has 28 heavy (non-hydrogen) atoms. The highest BCUT2D eigenvalue weighted by molar-refractivity contribution is 5.15. The lowest BCUT2D eigenvalue weighted by Crippen LogP contribution is -2.60. The summed E-state index contributed by atoms with van der Waals surface area (Å²) in [5, 5.41) is 30.0. The van der Waals surface area contributed by atoms with Gasteiger partial charge in [0.1, 0.15) is 24.4 Å². The van der Waals surface area contributed by atoms with Crippen LogP contribution in [-0.2, 0) is 27.2 Å². The summed E-state index contributed by atoms with van der Waals surface area (Å²) in [5.41, 5.74) is 2.16. The summed E-state index contributed by atoms with van der Waals surface area (Å²) in [5.74, 6) is 0. The van der Waals surface area contributed by atoms with Gasteiger partial charge in [0.2, 0.25) is 0 Å². The molecule has 1 fully saturated rings. The van der Waals surface area contributed by atoms with Crippen LogP contribution in [0.4, 0.5) is 0 Å². The number of aliphatic hydroxyl groups is 3. The van der Waals surface area contributed by atoms with Crippen LogP contribution in [0.5, 0.6) is 0 Å². The molecule has 6 heteroatoms. The summed E-state index contributed by atoms with van der Waals surface area (Å²) in [6.07, 6.45) is -3.30. The van der Waals surface area contributed by atoms with Crippen molar-refractivity contribution in [2.45, 2.75) is 50.2 Å². The van der Waals surface area contributed by atoms with Gasteiger partial charge in [0.15, 0.2) is 6.29 Å². The Morgan fingerprint density at radius 3 is 2.11 bits per heavy atom. The van der Waals surface area contributed by atoms with E-state index in [0.29, 0.717) is 6.61 Å². The van der Waals surface area contributed by atoms with Gasteiger partial charge in [-0.2, -0.15) is 0 Å². The molecule has 5 atom stereocenters. The Hall–Kier alpha value is -1.80. The highest BCUT2D eigenvalue weighted by Gasteiger charge is 2.46. The van der Waals surface area contributed by atoms with E-state index in [2.05, 4.69) is 12.1 Å². The fraction of sp³-hybridized carbons (Fsp3) is 0.455. The molecular weight excluding hydrogens is 360 g/mol. The molecule has 2 aromatic rings. The van der Waals surface area contributed by atoms with Gasteiger partial charge < -0.3 is 29.5 Å². The van der Waals surface area contributed by atoms with Crippen molar-refractivity contribution in [1.29, 1.82) is 0 Å². The van der Waals surface area contributed by atoms with Crippen LogP contribution in [-0.4, -0.2) is 59.2 Å². The second-order valence-corrected chi connectivity index (χ2v) is 6.92. The van der Waals surface area contributed by atoms with Gasteiger partial charge in [0, 0.05) is 6.61 Å². The Morgan fingerprint density at radius 2 is 1.46 bits per heavy atom. The Kier molecular flexibility index (Phi) is 7.97. The predicted molar refractivity (Wildman–Crippen MR) is 103 cm³/mol. The third-order valence-corrected chi connectivity index (χ3v) is 4.86. The second kappa shape index (κ2) is 10.7. The zero-order valence-corrected chi connectivity index (χ0v) is 15.8. The number of aliphatic hydroxyl groups excluding tert-OH is 3. The summed E-state index contributed by atoms with van der Waals surface area (Å²) in [4.78, 5) is 0. The van der Waals surface area contributed by atoms with Crippen molar-refractivity contribution in [3.8, 4) is 0 Å². The quantitative estimate of drug-likeness (QED) is 0.567. The summed E-state index contributed by atoms with van der Waals surface area (Å²) >= 11 is 0. The van der Waals surface area contributed by atoms with Gasteiger partial charge in [0.05, 0.1) is 13.2 Å². The largest absolute Gasteiger partial charge is 0.394 e. The maximum Gasteiger partial charge on any atom is 0.184 e. The predicted octanol–water partition coefficient (Wildman–Crippen LogP) is 1.66. The fourth-order valence-electron chi connectivity index (χ4n) is 3.35. The van der Waals surface area contributed by atoms with E-state index in [0.717, 1.165) is 18.4 Å². The lowest BCUT2D eigenvalue weighted by molar-refractivity contribution is -0.303. The van der Waals surface area contributed by atoms with E-state index >= 15 is 0 Å². The van der Waals surface area contributed by atoms with Crippen LogP contribution in [0.2, 0.25) is 0 Å². The molecule has 0 saturated carbocycles. The Labute approximate surface area is 165 Å². The third kappa shape index (κ3) is 5.61. The highest BCUT2D eigenvalue weighted by Crippen LogP contribution is 2.26. The zero-order chi connectivity index (χ0) is 19.8. The Morgan fingerprint density at radius 1 is 0.821 bits per heavy atom. The molecule has 1 heterocycles. The van der Waals surface area contributed by atoms with Crippen LogP contribution in [0, 0.1) is 0 Å². The van der Waals surface area contributed by atoms with E-state index < -0.39 is 30.7 Å². The normalized spacial score (nSPS) is 27.6. The standard InChI is InChI=1S/C22H28O6/c23-14-18-20(26-13-7-12-16-8-3-1-4-9-16)21(19(24)22(25)28-18)27-15-17-10-5-2-6-11-17/h1-6,8-11,18-25H,7,12-15H2/t18-,19+,20+,21+,22+/m0/s1. The molecule has 6 nitrogen and oxygen atoms in total. The average molecular weight is 388 g/mol. The molecule has 0 unspecified atom stereocenters. The van der Waals surface area contributed by atoms with E-state index in [1.165, 1.54) is 5.56 Å². The van der Waals surface area contributed by atoms with Gasteiger partial charge in [0.25, 0.3) is 0 Å². The number of hydrogen-bond donors (Lipinski definition) is 3. The summed E-state index contributed by atoms with van der Waals surface area (Å²) in [7, 11) is 0. The number of rotatable bonds is 9. The smallest absolute Gasteiger partial charge is 0.184 e. The fourth-order valence-corrected chi connectivity index (χ4v) is 3.35. The van der Waals surface area contributed by atoms with Crippen LogP contribution in [0.25, 0.3) is 0 Å². The third-order valence-electron chi connectivity index (χ3n) is 4.86. The number of hydrogen-bond acceptors (Lipinski definition) is 6. The van der Waals surface area contributed by atoms with E-state index in [1.807, 2.05) is 48.5 Å². The van der Waals surface area contributed by atoms with Gasteiger partial charge in [-0.3, -0.25) is 0 Å². The van der Waals surface area contributed by atoms with E-state index in [9.17, 15) is 15.3 Å². The first kappa shape index (κ1) is 20.9. The van der Waals surface area contributed by atoms with Crippen molar-refractivity contribution < 1.29 is 29.5 Å². The highest BCUT2D eigenvalue weighted by atomic mass is 16.7. The van der Waals surface area contributed by atoms with E-state index in [-0.39, 0.29) is 13.2 Å². The van der Waals surface area contributed by atoms with Crippen molar-refractivity contribution in [2.24, 2.45) is 0 Å². The molecule has 0 aliphatic carbocycles. The van der Waals surface area contributed by atoms with Crippen molar-refractivity contribution in [3.63, 3.8) is 0 Å². The Bertz CT molecular complexity index is 680. The Balaban J connectivity index is 1.59. The monoisotopic (exact) mass is 388 g/mol. The topological polar surface area (TPSA) is 88.4 Å². The number of ether oxygens (including phenoxy) is 3. The maximum atomic E-state index is 10.4. The zero-order valence-electron chi connectivity index (χ0n) is 15.8. The minimum absolute atomic E-state index is 0.261. The summed E-state index contributed by atoms with van der Waals surface area (Å²) in [6, 6.07) is 19.7. The van der Waals surface area contributed by atoms with E-state index in [4.69, 9.17) is 14.2 Å². The SMILES string of the molecule is OC[C@@H]1O[C@@H](O)[C@H](O)[C@@H](OCc2ccccc2)[C@@H]1OCCCc1ccccc1. The lowest BCUT2D eigenvalue weighted by atomic mass is 9.98. The molecule has 0 radical (unpaired) electrons. The minimum atomic E-state index is -1.43. The van der Waals surface area contributed by atoms with Crippen LogP contribution in [0.3, 0.4) is 0 Å². The van der Waals surface area contributed by atoms with Crippen LogP contribution < -0.4 is 0 Å². The molecule has 1 aliphatic rings. The average Bonchev–Trinajstić information content (AvgIpc) is 2.74. The molecule has 3 rings (SSSR count). The number of aryl methyl sites for hydroxylation is 1. The first-order valence-corrected chi connectivity index (χ1v) is 9.62. The first-order chi connectivity index (χ1) is 13.7. The van der Waals surface area contributed by atoms with Gasteiger partial charge in [-0.05, 0) is 24.0 Å². The molecule has 1 aliphatic heterocycles. The van der Waals surface area contributed by atoms with Crippen molar-refractivity contribution in [3.05, 3.63) is 71.8 Å². The van der Waals surface area contributed by atoms with Gasteiger partial charge in [-0.1, -0.05) is 60.7 Å². The molecule has 152 valence electrons. The minimum Gasteiger partial charge on any atom is -0.394 e. The number of benzene rings is 2. The lowest BCUT2D eigenvalue weighted by Gasteiger charge is -2.42. The summed E-state index contributed by atoms with van der Waals surface area (Å²) < 4.78 is 17.1. The van der Waals surface area contributed by atoms with E-state index in [1.54, 1.807) is 0 Å². The molecule has 0 amide bonds. The molecule has 0 spiro atoms. The van der Waals surface area contributed by atoms with Crippen LogP contribution >= 0.6 is 0 Å². The second-order valence-electron chi connectivity index (χ2n) is 6.92. The molecule has 3 N–H and O–H groups in total. The van der Waals surface area contributed by atoms with Crippen molar-refractivity contribution >= 4 is 0 Å².